The summed E-state index contributed by atoms with van der Waals surface area (Å²) in [5.41, 5.74) is 1.35. The molecule has 3 fully saturated rings. The molecule has 3 aliphatic rings. The fourth-order valence-electron chi connectivity index (χ4n) is 3.90. The van der Waals surface area contributed by atoms with E-state index < -0.39 is 0 Å². The van der Waals surface area contributed by atoms with Gasteiger partial charge in [0.05, 0.1) is 19.3 Å². The molecule has 2 aliphatic carbocycles. The first-order valence-electron chi connectivity index (χ1n) is 11.3. The van der Waals surface area contributed by atoms with Crippen LogP contribution in [-0.2, 0) is 19.0 Å². The summed E-state index contributed by atoms with van der Waals surface area (Å²) in [7, 11) is 0. The SMILES string of the molecule is CC=C(Oc1ccc(C2CC2)cc1)C(=O)N[C@H]1C[C@@H](OCCOC2CCCCO2)C1. The summed E-state index contributed by atoms with van der Waals surface area (Å²) in [5.74, 6) is 1.56. The second-order valence-corrected chi connectivity index (χ2v) is 8.40. The topological polar surface area (TPSA) is 66.0 Å². The number of benzene rings is 1. The van der Waals surface area contributed by atoms with Crippen LogP contribution in [0.4, 0.5) is 0 Å². The molecule has 1 aromatic rings. The summed E-state index contributed by atoms with van der Waals surface area (Å²) in [4.78, 5) is 12.5. The average Bonchev–Trinajstić information content (AvgIpc) is 3.59. The van der Waals surface area contributed by atoms with Crippen LogP contribution in [0.5, 0.6) is 5.75 Å². The van der Waals surface area contributed by atoms with Crippen LogP contribution in [0, 0.1) is 0 Å². The van der Waals surface area contributed by atoms with Gasteiger partial charge >= 0.3 is 0 Å². The summed E-state index contributed by atoms with van der Waals surface area (Å²) >= 11 is 0. The zero-order valence-electron chi connectivity index (χ0n) is 17.8. The highest BCUT2D eigenvalue weighted by molar-refractivity contribution is 5.92. The van der Waals surface area contributed by atoms with E-state index in [-0.39, 0.29) is 24.3 Å². The van der Waals surface area contributed by atoms with Crippen molar-refractivity contribution in [1.82, 2.24) is 5.32 Å². The van der Waals surface area contributed by atoms with Gasteiger partial charge in [-0.2, -0.15) is 0 Å². The van der Waals surface area contributed by atoms with Gasteiger partial charge in [-0.1, -0.05) is 12.1 Å². The van der Waals surface area contributed by atoms with Gasteiger partial charge in [-0.25, -0.2) is 0 Å². The molecule has 2 saturated carbocycles. The summed E-state index contributed by atoms with van der Waals surface area (Å²) in [6.07, 6.45) is 9.26. The van der Waals surface area contributed by atoms with Crippen molar-refractivity contribution in [2.24, 2.45) is 0 Å². The van der Waals surface area contributed by atoms with Crippen LogP contribution in [0.1, 0.15) is 63.4 Å². The molecule has 1 atom stereocenters. The average molecular weight is 416 g/mol. The molecule has 4 rings (SSSR count). The molecule has 30 heavy (non-hydrogen) atoms. The second kappa shape index (κ2) is 10.4. The summed E-state index contributed by atoms with van der Waals surface area (Å²) in [6.45, 7) is 3.72. The molecule has 1 amide bonds. The Bertz CT molecular complexity index is 716. The van der Waals surface area contributed by atoms with Crippen LogP contribution in [0.15, 0.2) is 36.1 Å². The molecule has 0 bridgehead atoms. The van der Waals surface area contributed by atoms with E-state index in [9.17, 15) is 4.79 Å². The van der Waals surface area contributed by atoms with E-state index in [1.807, 2.05) is 19.1 Å². The van der Waals surface area contributed by atoms with Gasteiger partial charge in [0.1, 0.15) is 5.75 Å². The van der Waals surface area contributed by atoms with E-state index >= 15 is 0 Å². The number of hydrogen-bond acceptors (Lipinski definition) is 5. The number of nitrogens with one attached hydrogen (secondary N) is 1. The number of hydrogen-bond donors (Lipinski definition) is 1. The first kappa shape index (κ1) is 21.3. The minimum Gasteiger partial charge on any atom is -0.452 e. The van der Waals surface area contributed by atoms with Crippen molar-refractivity contribution in [3.05, 3.63) is 41.7 Å². The van der Waals surface area contributed by atoms with Crippen LogP contribution in [0.25, 0.3) is 0 Å². The smallest absolute Gasteiger partial charge is 0.286 e. The maximum atomic E-state index is 12.5. The molecule has 6 heteroatoms. The fraction of sp³-hybridized carbons (Fsp3) is 0.625. The third-order valence-corrected chi connectivity index (χ3v) is 5.95. The monoisotopic (exact) mass is 415 g/mol. The largest absolute Gasteiger partial charge is 0.452 e. The molecule has 1 N–H and O–H groups in total. The fourth-order valence-corrected chi connectivity index (χ4v) is 3.90. The third kappa shape index (κ3) is 6.06. The Morgan fingerprint density at radius 1 is 1.10 bits per heavy atom. The van der Waals surface area contributed by atoms with Gasteiger partial charge in [0.2, 0.25) is 0 Å². The highest BCUT2D eigenvalue weighted by atomic mass is 16.7. The van der Waals surface area contributed by atoms with E-state index in [1.165, 1.54) is 24.8 Å². The van der Waals surface area contributed by atoms with Crippen molar-refractivity contribution in [3.8, 4) is 5.75 Å². The van der Waals surface area contributed by atoms with Crippen LogP contribution >= 0.6 is 0 Å². The van der Waals surface area contributed by atoms with Gasteiger partial charge in [0.25, 0.3) is 5.91 Å². The van der Waals surface area contributed by atoms with Crippen LogP contribution in [-0.4, -0.2) is 44.2 Å². The lowest BCUT2D eigenvalue weighted by Crippen LogP contribution is -2.48. The van der Waals surface area contributed by atoms with E-state index in [4.69, 9.17) is 18.9 Å². The third-order valence-electron chi connectivity index (χ3n) is 5.95. The predicted molar refractivity (Wildman–Crippen MR) is 113 cm³/mol. The first-order valence-corrected chi connectivity index (χ1v) is 11.3. The summed E-state index contributed by atoms with van der Waals surface area (Å²) < 4.78 is 22.8. The van der Waals surface area contributed by atoms with Crippen LogP contribution in [0.2, 0.25) is 0 Å². The van der Waals surface area contributed by atoms with Gasteiger partial charge in [-0.15, -0.1) is 0 Å². The Hall–Kier alpha value is -1.89. The Labute approximate surface area is 178 Å². The van der Waals surface area contributed by atoms with Crippen LogP contribution in [0.3, 0.4) is 0 Å². The molecule has 1 aromatic carbocycles. The zero-order chi connectivity index (χ0) is 20.8. The highest BCUT2D eigenvalue weighted by Gasteiger charge is 2.32. The Morgan fingerprint density at radius 2 is 1.87 bits per heavy atom. The normalized spacial score (nSPS) is 26.7. The van der Waals surface area contributed by atoms with Gasteiger partial charge in [0, 0.05) is 12.6 Å². The molecule has 6 nitrogen and oxygen atoms in total. The number of carbonyl (C=O) groups excluding carboxylic acids is 1. The van der Waals surface area contributed by atoms with E-state index in [0.717, 1.165) is 32.3 Å². The molecule has 1 saturated heterocycles. The Kier molecular flexibility index (Phi) is 7.42. The molecule has 164 valence electrons. The minimum absolute atomic E-state index is 0.0695. The molecule has 0 spiro atoms. The zero-order valence-corrected chi connectivity index (χ0v) is 17.8. The second-order valence-electron chi connectivity index (χ2n) is 8.40. The quantitative estimate of drug-likeness (QED) is 0.355. The van der Waals surface area contributed by atoms with Crippen molar-refractivity contribution < 1.29 is 23.7 Å². The van der Waals surface area contributed by atoms with Crippen molar-refractivity contribution in [1.29, 1.82) is 0 Å². The van der Waals surface area contributed by atoms with Crippen LogP contribution < -0.4 is 10.1 Å². The predicted octanol–water partition coefficient (Wildman–Crippen LogP) is 4.05. The van der Waals surface area contributed by atoms with Crippen molar-refractivity contribution in [3.63, 3.8) is 0 Å². The maximum Gasteiger partial charge on any atom is 0.286 e. The number of carbonyl (C=O) groups is 1. The van der Waals surface area contributed by atoms with Gasteiger partial charge in [-0.3, -0.25) is 4.79 Å². The number of ether oxygens (including phenoxy) is 4. The number of allylic oxidation sites excluding steroid dienone is 1. The van der Waals surface area contributed by atoms with Crippen molar-refractivity contribution in [2.45, 2.75) is 76.2 Å². The number of amides is 1. The lowest BCUT2D eigenvalue weighted by atomic mass is 9.89. The molecule has 1 aliphatic heterocycles. The van der Waals surface area contributed by atoms with Gasteiger partial charge in [0.15, 0.2) is 12.0 Å². The highest BCUT2D eigenvalue weighted by Crippen LogP contribution is 2.40. The number of rotatable bonds is 10. The lowest BCUT2D eigenvalue weighted by Gasteiger charge is -2.35. The molecule has 1 unspecified atom stereocenters. The van der Waals surface area contributed by atoms with E-state index in [0.29, 0.717) is 30.6 Å². The summed E-state index contributed by atoms with van der Waals surface area (Å²) in [6, 6.07) is 8.20. The molecule has 0 radical (unpaired) electrons. The van der Waals surface area contributed by atoms with Gasteiger partial charge in [-0.05, 0) is 81.6 Å². The van der Waals surface area contributed by atoms with E-state index in [2.05, 4.69) is 17.4 Å². The minimum atomic E-state index is -0.176. The van der Waals surface area contributed by atoms with Crippen molar-refractivity contribution in [2.75, 3.05) is 19.8 Å². The molecular formula is C24H33NO5. The lowest BCUT2D eigenvalue weighted by molar-refractivity contribution is -0.174. The van der Waals surface area contributed by atoms with E-state index in [1.54, 1.807) is 6.08 Å². The van der Waals surface area contributed by atoms with Gasteiger partial charge < -0.3 is 24.3 Å². The molecule has 0 aromatic heterocycles. The molecular weight excluding hydrogens is 382 g/mol. The molecule has 1 heterocycles. The standard InChI is InChI=1S/C24H33NO5/c1-2-22(30-20-10-8-18(9-11-20)17-6-7-17)24(26)25-19-15-21(16-19)27-13-14-29-23-5-3-4-12-28-23/h2,8-11,17,19,21,23H,3-7,12-16H2,1H3,(H,25,26)/t19-,21+,23?. The Balaban J connectivity index is 1.11. The van der Waals surface area contributed by atoms with Crippen molar-refractivity contribution >= 4 is 5.91 Å². The maximum absolute atomic E-state index is 12.5. The Morgan fingerprint density at radius 3 is 2.53 bits per heavy atom. The summed E-state index contributed by atoms with van der Waals surface area (Å²) in [5, 5.41) is 3.04. The first-order chi connectivity index (χ1) is 14.7.